The molecular weight excluding hydrogens is 518 g/mol. The monoisotopic (exact) mass is 545 g/mol. The van der Waals surface area contributed by atoms with E-state index in [1.807, 2.05) is 25.2 Å². The van der Waals surface area contributed by atoms with E-state index < -0.39 is 11.9 Å². The van der Waals surface area contributed by atoms with E-state index in [0.717, 1.165) is 5.56 Å². The van der Waals surface area contributed by atoms with Crippen LogP contribution >= 0.6 is 0 Å². The zero-order valence-electron chi connectivity index (χ0n) is 22.7. The fourth-order valence-corrected chi connectivity index (χ4v) is 4.45. The van der Waals surface area contributed by atoms with Crippen LogP contribution in [0.3, 0.4) is 0 Å². The number of benzene rings is 2. The molecule has 0 aliphatic heterocycles. The van der Waals surface area contributed by atoms with Gasteiger partial charge in [-0.2, -0.15) is 10.2 Å². The molecule has 2 aromatic carbocycles. The highest BCUT2D eigenvalue weighted by Crippen LogP contribution is 2.26. The van der Waals surface area contributed by atoms with Gasteiger partial charge in [-0.15, -0.1) is 0 Å². The Balaban J connectivity index is 1.63. The Hall–Kier alpha value is -5.76. The summed E-state index contributed by atoms with van der Waals surface area (Å²) in [4.78, 5) is 36.7. The van der Waals surface area contributed by atoms with Crippen molar-refractivity contribution in [2.75, 3.05) is 5.73 Å². The van der Waals surface area contributed by atoms with E-state index in [0.29, 0.717) is 28.0 Å². The van der Waals surface area contributed by atoms with Crippen molar-refractivity contribution in [1.29, 1.82) is 0 Å². The first-order valence-corrected chi connectivity index (χ1v) is 12.7. The number of hydrogen-bond donors (Lipinski definition) is 2. The summed E-state index contributed by atoms with van der Waals surface area (Å²) in [5.41, 5.74) is 8.15. The molecule has 11 nitrogen and oxygen atoms in total. The summed E-state index contributed by atoms with van der Waals surface area (Å²) in [5, 5.41) is 11.6. The van der Waals surface area contributed by atoms with Gasteiger partial charge >= 0.3 is 0 Å². The standard InChI is InChI=1S/C30H27N9O2/c1-5-16-32-28-25(26(31)36-38(28)4)29(40)34-19(2)27-35-23-13-9-10-21(15-14-20-17-33-37(3)18-20)24(23)30(41)39(27)22-11-7-6-8-12-22/h5-13,16-19H,1H2,2-4H3,(H2,31,36)(H,34,40)/b32-16-. The lowest BCUT2D eigenvalue weighted by Crippen LogP contribution is -2.33. The number of amides is 1. The molecule has 5 rings (SSSR count). The molecule has 0 radical (unpaired) electrons. The van der Waals surface area contributed by atoms with Gasteiger partial charge in [0.1, 0.15) is 11.4 Å². The van der Waals surface area contributed by atoms with Crippen molar-refractivity contribution in [3.63, 3.8) is 0 Å². The number of carbonyl (C=O) groups is 1. The van der Waals surface area contributed by atoms with Crippen LogP contribution in [-0.4, -0.2) is 41.2 Å². The number of fused-ring (bicyclic) bond motifs is 1. The summed E-state index contributed by atoms with van der Waals surface area (Å²) in [7, 11) is 3.45. The maximum absolute atomic E-state index is 14.1. The number of rotatable bonds is 6. The number of nitrogens with zero attached hydrogens (tertiary/aromatic N) is 7. The first-order valence-electron chi connectivity index (χ1n) is 12.7. The molecule has 0 aliphatic carbocycles. The average molecular weight is 546 g/mol. The molecule has 5 aromatic rings. The SMILES string of the molecule is C=C/C=N\c1c(C(=O)NC(C)c2nc3cccc(C#Cc4cnn(C)c4)c3c(=O)n2-c2ccccc2)c(N)nn1C. The maximum Gasteiger partial charge on any atom is 0.267 e. The molecule has 0 fully saturated rings. The second-order valence-corrected chi connectivity index (χ2v) is 9.21. The molecule has 1 atom stereocenters. The van der Waals surface area contributed by atoms with Crippen LogP contribution < -0.4 is 16.6 Å². The summed E-state index contributed by atoms with van der Waals surface area (Å²) in [5.74, 6) is 6.29. The number of allylic oxidation sites excluding steroid dienone is 1. The number of hydrogen-bond acceptors (Lipinski definition) is 7. The Morgan fingerprint density at radius 3 is 2.63 bits per heavy atom. The van der Waals surface area contributed by atoms with Crippen molar-refractivity contribution in [3.05, 3.63) is 106 Å². The first-order chi connectivity index (χ1) is 19.8. The van der Waals surface area contributed by atoms with Gasteiger partial charge in [-0.05, 0) is 31.2 Å². The number of carbonyl (C=O) groups excluding carboxylic acids is 1. The Bertz CT molecular complexity index is 1940. The van der Waals surface area contributed by atoms with Crippen LogP contribution in [0.4, 0.5) is 11.6 Å². The molecule has 3 aromatic heterocycles. The highest BCUT2D eigenvalue weighted by atomic mass is 16.2. The number of para-hydroxylation sites is 1. The zero-order chi connectivity index (χ0) is 29.1. The van der Waals surface area contributed by atoms with Crippen molar-refractivity contribution >= 4 is 34.7 Å². The minimum atomic E-state index is -0.708. The van der Waals surface area contributed by atoms with Gasteiger partial charge in [-0.3, -0.25) is 18.8 Å². The summed E-state index contributed by atoms with van der Waals surface area (Å²) in [6.45, 7) is 5.36. The number of nitrogens with two attached hydrogens (primary N) is 1. The van der Waals surface area contributed by atoms with Gasteiger partial charge in [-0.25, -0.2) is 14.7 Å². The minimum absolute atomic E-state index is 0.0252. The Labute approximate surface area is 235 Å². The normalized spacial score (nSPS) is 11.8. The van der Waals surface area contributed by atoms with Crippen LogP contribution in [0.5, 0.6) is 0 Å². The molecule has 1 unspecified atom stereocenters. The predicted octanol–water partition coefficient (Wildman–Crippen LogP) is 3.21. The second kappa shape index (κ2) is 11.2. The number of aromatic nitrogens is 6. The van der Waals surface area contributed by atoms with Gasteiger partial charge in [-0.1, -0.05) is 48.8 Å². The van der Waals surface area contributed by atoms with Crippen LogP contribution in [0.25, 0.3) is 16.6 Å². The van der Waals surface area contributed by atoms with E-state index in [-0.39, 0.29) is 22.8 Å². The Morgan fingerprint density at radius 1 is 1.15 bits per heavy atom. The minimum Gasteiger partial charge on any atom is -0.381 e. The molecule has 41 heavy (non-hydrogen) atoms. The summed E-state index contributed by atoms with van der Waals surface area (Å²) in [6, 6.07) is 13.7. The first kappa shape index (κ1) is 26.8. The van der Waals surface area contributed by atoms with Gasteiger partial charge in [0, 0.05) is 32.1 Å². The van der Waals surface area contributed by atoms with Crippen LogP contribution in [0.1, 0.15) is 40.3 Å². The lowest BCUT2D eigenvalue weighted by molar-refractivity contribution is 0.0939. The van der Waals surface area contributed by atoms with Crippen molar-refractivity contribution < 1.29 is 4.79 Å². The van der Waals surface area contributed by atoms with Crippen molar-refractivity contribution in [1.82, 2.24) is 34.4 Å². The average Bonchev–Trinajstić information content (AvgIpc) is 3.51. The predicted molar refractivity (Wildman–Crippen MR) is 158 cm³/mol. The van der Waals surface area contributed by atoms with Gasteiger partial charge < -0.3 is 11.1 Å². The van der Waals surface area contributed by atoms with Crippen LogP contribution in [-0.2, 0) is 14.1 Å². The Kier molecular flexibility index (Phi) is 7.30. The van der Waals surface area contributed by atoms with Crippen molar-refractivity contribution in [2.45, 2.75) is 13.0 Å². The number of aryl methyl sites for hydroxylation is 2. The molecule has 0 saturated carbocycles. The van der Waals surface area contributed by atoms with Crippen LogP contribution in [0.2, 0.25) is 0 Å². The smallest absolute Gasteiger partial charge is 0.267 e. The molecular formula is C30H27N9O2. The van der Waals surface area contributed by atoms with Gasteiger partial charge in [0.15, 0.2) is 11.6 Å². The maximum atomic E-state index is 14.1. The third-order valence-electron chi connectivity index (χ3n) is 6.29. The van der Waals surface area contributed by atoms with E-state index in [9.17, 15) is 9.59 Å². The number of aliphatic imine (C=N–C) groups is 1. The van der Waals surface area contributed by atoms with Crippen molar-refractivity contribution in [3.8, 4) is 17.5 Å². The molecule has 0 spiro atoms. The van der Waals surface area contributed by atoms with E-state index in [4.69, 9.17) is 10.7 Å². The van der Waals surface area contributed by atoms with E-state index in [2.05, 4.69) is 38.9 Å². The molecule has 3 heterocycles. The highest BCUT2D eigenvalue weighted by Gasteiger charge is 2.25. The molecule has 1 amide bonds. The summed E-state index contributed by atoms with van der Waals surface area (Å²) < 4.78 is 4.57. The zero-order valence-corrected chi connectivity index (χ0v) is 22.7. The number of anilines is 1. The van der Waals surface area contributed by atoms with Crippen LogP contribution in [0.15, 0.2) is 83.4 Å². The number of nitrogens with one attached hydrogen (secondary N) is 1. The lowest BCUT2D eigenvalue weighted by Gasteiger charge is -2.20. The molecule has 0 aliphatic rings. The third kappa shape index (κ3) is 5.26. The fourth-order valence-electron chi connectivity index (χ4n) is 4.45. The molecule has 0 saturated heterocycles. The Morgan fingerprint density at radius 2 is 1.93 bits per heavy atom. The summed E-state index contributed by atoms with van der Waals surface area (Å²) >= 11 is 0. The van der Waals surface area contributed by atoms with Crippen LogP contribution in [0, 0.1) is 11.8 Å². The topological polar surface area (TPSA) is 138 Å². The van der Waals surface area contributed by atoms with E-state index in [1.54, 1.807) is 61.4 Å². The highest BCUT2D eigenvalue weighted by molar-refractivity contribution is 6.03. The number of nitrogen functional groups attached to an aromatic ring is 1. The van der Waals surface area contributed by atoms with Gasteiger partial charge in [0.2, 0.25) is 0 Å². The molecule has 0 bridgehead atoms. The molecule has 204 valence electrons. The lowest BCUT2D eigenvalue weighted by atomic mass is 10.1. The largest absolute Gasteiger partial charge is 0.381 e. The quantitative estimate of drug-likeness (QED) is 0.248. The van der Waals surface area contributed by atoms with Gasteiger partial charge in [0.05, 0.1) is 34.4 Å². The van der Waals surface area contributed by atoms with Crippen molar-refractivity contribution in [2.24, 2.45) is 19.1 Å². The van der Waals surface area contributed by atoms with E-state index >= 15 is 0 Å². The second-order valence-electron chi connectivity index (χ2n) is 9.21. The molecule has 3 N–H and O–H groups in total. The fraction of sp³-hybridized carbons (Fsp3) is 0.133. The van der Waals surface area contributed by atoms with Gasteiger partial charge in [0.25, 0.3) is 11.5 Å². The third-order valence-corrected chi connectivity index (χ3v) is 6.29. The molecule has 11 heteroatoms. The van der Waals surface area contributed by atoms with E-state index in [1.165, 1.54) is 21.5 Å². The summed E-state index contributed by atoms with van der Waals surface area (Å²) in [6.07, 6.45) is 6.39.